The Bertz CT molecular complexity index is 733. The number of carbonyl (C=O) groups excluding carboxylic acids is 4. The van der Waals surface area contributed by atoms with Crippen molar-refractivity contribution in [2.45, 2.75) is 83.3 Å². The van der Waals surface area contributed by atoms with Crippen LogP contribution in [0.15, 0.2) is 0 Å². The molecule has 0 aromatic rings. The number of hydrogen-bond donors (Lipinski definition) is 4. The lowest BCUT2D eigenvalue weighted by Crippen LogP contribution is -2.65. The number of rotatable bonds is 7. The van der Waals surface area contributed by atoms with Crippen molar-refractivity contribution in [3.8, 4) is 0 Å². The van der Waals surface area contributed by atoms with Gasteiger partial charge in [-0.3, -0.25) is 14.4 Å². The quantitative estimate of drug-likeness (QED) is 0.424. The van der Waals surface area contributed by atoms with Crippen molar-refractivity contribution in [2.75, 3.05) is 32.7 Å². The Labute approximate surface area is 202 Å². The number of piperidine rings is 1. The Morgan fingerprint density at radius 2 is 1.65 bits per heavy atom. The first-order chi connectivity index (χ1) is 16.3. The summed E-state index contributed by atoms with van der Waals surface area (Å²) in [4.78, 5) is 54.9. The van der Waals surface area contributed by atoms with Crippen LogP contribution in [0.3, 0.4) is 0 Å². The maximum Gasteiger partial charge on any atom is 0.317 e. The van der Waals surface area contributed by atoms with Crippen molar-refractivity contribution in [3.63, 3.8) is 0 Å². The van der Waals surface area contributed by atoms with E-state index in [1.165, 1.54) is 6.42 Å². The van der Waals surface area contributed by atoms with Crippen LogP contribution in [0.2, 0.25) is 0 Å². The highest BCUT2D eigenvalue weighted by Gasteiger charge is 2.40. The van der Waals surface area contributed by atoms with Gasteiger partial charge in [-0.05, 0) is 52.1 Å². The summed E-state index contributed by atoms with van der Waals surface area (Å²) in [5.41, 5.74) is 5.66. The number of nitrogens with zero attached hydrogens (tertiary/aromatic N) is 2. The second-order valence-corrected chi connectivity index (χ2v) is 10.3. The van der Waals surface area contributed by atoms with Crippen molar-refractivity contribution < 1.29 is 19.2 Å². The number of piperazine rings is 1. The van der Waals surface area contributed by atoms with Gasteiger partial charge in [0.15, 0.2) is 0 Å². The molecule has 2 heterocycles. The van der Waals surface area contributed by atoms with Crippen molar-refractivity contribution in [2.24, 2.45) is 17.6 Å². The molecule has 0 radical (unpaired) electrons. The highest BCUT2D eigenvalue weighted by atomic mass is 16.2. The molecule has 10 nitrogen and oxygen atoms in total. The normalized spacial score (nSPS) is 23.4. The lowest BCUT2D eigenvalue weighted by Gasteiger charge is -2.42. The van der Waals surface area contributed by atoms with E-state index in [-0.39, 0.29) is 37.0 Å². The second-order valence-electron chi connectivity index (χ2n) is 10.3. The summed E-state index contributed by atoms with van der Waals surface area (Å²) in [5.74, 6) is -0.793. The van der Waals surface area contributed by atoms with Gasteiger partial charge in [0.05, 0.1) is 6.54 Å². The Balaban J connectivity index is 1.73. The Hall–Kier alpha value is -2.36. The highest BCUT2D eigenvalue weighted by molar-refractivity contribution is 5.93. The van der Waals surface area contributed by atoms with Gasteiger partial charge in [0.1, 0.15) is 12.1 Å². The average Bonchev–Trinajstić information content (AvgIpc) is 2.83. The van der Waals surface area contributed by atoms with E-state index in [0.29, 0.717) is 18.9 Å². The van der Waals surface area contributed by atoms with E-state index in [9.17, 15) is 19.2 Å². The summed E-state index contributed by atoms with van der Waals surface area (Å²) < 4.78 is 0. The molecular formula is C24H42N6O4. The maximum atomic E-state index is 13.5. The van der Waals surface area contributed by atoms with E-state index in [0.717, 1.165) is 51.6 Å². The molecule has 5 N–H and O–H groups in total. The van der Waals surface area contributed by atoms with Crippen LogP contribution in [0.25, 0.3) is 0 Å². The zero-order valence-corrected chi connectivity index (χ0v) is 20.7. The maximum absolute atomic E-state index is 13.5. The van der Waals surface area contributed by atoms with Crippen molar-refractivity contribution in [1.29, 1.82) is 0 Å². The molecule has 3 fully saturated rings. The number of amides is 5. The first kappa shape index (κ1) is 26.2. The van der Waals surface area contributed by atoms with Crippen molar-refractivity contribution in [1.82, 2.24) is 25.8 Å². The molecule has 2 atom stereocenters. The van der Waals surface area contributed by atoms with E-state index in [4.69, 9.17) is 5.73 Å². The molecule has 0 bridgehead atoms. The van der Waals surface area contributed by atoms with Gasteiger partial charge in [-0.1, -0.05) is 32.1 Å². The number of carbonyl (C=O) groups is 4. The average molecular weight is 479 g/mol. The number of primary amides is 1. The summed E-state index contributed by atoms with van der Waals surface area (Å²) >= 11 is 0. The number of nitrogens with two attached hydrogens (primary N) is 1. The monoisotopic (exact) mass is 478 g/mol. The summed E-state index contributed by atoms with van der Waals surface area (Å²) in [7, 11) is 0. The van der Waals surface area contributed by atoms with Gasteiger partial charge in [-0.25, -0.2) is 4.79 Å². The molecular weight excluding hydrogens is 436 g/mol. The molecule has 34 heavy (non-hydrogen) atoms. The van der Waals surface area contributed by atoms with Crippen LogP contribution in [0.1, 0.15) is 65.2 Å². The van der Waals surface area contributed by atoms with Crippen LogP contribution in [-0.4, -0.2) is 84.4 Å². The summed E-state index contributed by atoms with van der Waals surface area (Å²) in [5, 5.41) is 8.97. The van der Waals surface area contributed by atoms with Crippen molar-refractivity contribution in [3.05, 3.63) is 0 Å². The lowest BCUT2D eigenvalue weighted by molar-refractivity contribution is -0.147. The Kier molecular flexibility index (Phi) is 9.55. The molecule has 0 aromatic heterocycles. The van der Waals surface area contributed by atoms with Gasteiger partial charge in [0.25, 0.3) is 0 Å². The minimum Gasteiger partial charge on any atom is -0.368 e. The first-order valence-corrected chi connectivity index (χ1v) is 12.9. The fraction of sp³-hybridized carbons (Fsp3) is 0.833. The van der Waals surface area contributed by atoms with E-state index in [2.05, 4.69) is 16.0 Å². The second kappa shape index (κ2) is 12.4. The van der Waals surface area contributed by atoms with Gasteiger partial charge in [0.2, 0.25) is 17.7 Å². The summed E-state index contributed by atoms with van der Waals surface area (Å²) in [6, 6.07) is -1.91. The van der Waals surface area contributed by atoms with Gasteiger partial charge >= 0.3 is 6.03 Å². The first-order valence-electron chi connectivity index (χ1n) is 12.9. The molecule has 5 amide bonds. The van der Waals surface area contributed by atoms with E-state index >= 15 is 0 Å². The predicted octanol–water partition coefficient (Wildman–Crippen LogP) is 0.557. The minimum absolute atomic E-state index is 0.0380. The van der Waals surface area contributed by atoms with Crippen LogP contribution in [0, 0.1) is 11.8 Å². The van der Waals surface area contributed by atoms with Gasteiger partial charge < -0.3 is 31.5 Å². The predicted molar refractivity (Wildman–Crippen MR) is 129 cm³/mol. The summed E-state index contributed by atoms with van der Waals surface area (Å²) in [6.07, 6.45) is 7.51. The van der Waals surface area contributed by atoms with E-state index in [1.54, 1.807) is 9.80 Å². The Morgan fingerprint density at radius 3 is 2.26 bits per heavy atom. The van der Waals surface area contributed by atoms with Crippen LogP contribution in [0.4, 0.5) is 4.79 Å². The SMILES string of the molecule is CC(C)NC(=O)N1CCN(C(=O)C2CCNCC2)[C@@H](C(=O)N[C@@H](CC2CCCCC2)C(N)=O)C1. The fourth-order valence-corrected chi connectivity index (χ4v) is 5.37. The van der Waals surface area contributed by atoms with Gasteiger partial charge in [0, 0.05) is 25.0 Å². The molecule has 192 valence electrons. The molecule has 10 heteroatoms. The van der Waals surface area contributed by atoms with Crippen LogP contribution >= 0.6 is 0 Å². The third-order valence-electron chi connectivity index (χ3n) is 7.31. The molecule has 3 rings (SSSR count). The molecule has 1 saturated carbocycles. The largest absolute Gasteiger partial charge is 0.368 e. The zero-order chi connectivity index (χ0) is 24.7. The van der Waals surface area contributed by atoms with E-state index in [1.807, 2.05) is 13.8 Å². The van der Waals surface area contributed by atoms with Crippen LogP contribution in [0.5, 0.6) is 0 Å². The smallest absolute Gasteiger partial charge is 0.317 e. The van der Waals surface area contributed by atoms with Crippen LogP contribution < -0.4 is 21.7 Å². The molecule has 3 aliphatic rings. The number of nitrogens with one attached hydrogen (secondary N) is 3. The standard InChI is InChI=1S/C24H42N6O4/c1-16(2)27-24(34)29-12-13-30(23(33)18-8-10-26-11-9-18)20(15-29)22(32)28-19(21(25)31)14-17-6-4-3-5-7-17/h16-20,26H,3-15H2,1-2H3,(H2,25,31)(H,27,34)(H,28,32)/t19-,20+/m0/s1. The van der Waals surface area contributed by atoms with Crippen molar-refractivity contribution >= 4 is 23.8 Å². The molecule has 0 unspecified atom stereocenters. The lowest BCUT2D eigenvalue weighted by atomic mass is 9.84. The minimum atomic E-state index is -0.845. The third kappa shape index (κ3) is 7.07. The Morgan fingerprint density at radius 1 is 0.971 bits per heavy atom. The molecule has 0 spiro atoms. The fourth-order valence-electron chi connectivity index (χ4n) is 5.37. The topological polar surface area (TPSA) is 137 Å². The summed E-state index contributed by atoms with van der Waals surface area (Å²) in [6.45, 7) is 6.04. The van der Waals surface area contributed by atoms with E-state index < -0.39 is 23.9 Å². The highest BCUT2D eigenvalue weighted by Crippen LogP contribution is 2.27. The third-order valence-corrected chi connectivity index (χ3v) is 7.31. The molecule has 2 aliphatic heterocycles. The molecule has 2 saturated heterocycles. The zero-order valence-electron chi connectivity index (χ0n) is 20.7. The van der Waals surface area contributed by atoms with Gasteiger partial charge in [-0.2, -0.15) is 0 Å². The van der Waals surface area contributed by atoms with Gasteiger partial charge in [-0.15, -0.1) is 0 Å². The van der Waals surface area contributed by atoms with Crippen LogP contribution in [-0.2, 0) is 14.4 Å². The molecule has 1 aliphatic carbocycles. The number of urea groups is 1. The number of hydrogen-bond acceptors (Lipinski definition) is 5. The molecule has 0 aromatic carbocycles.